The number of carboxylic acid groups (broad SMARTS) is 1. The van der Waals surface area contributed by atoms with Gasteiger partial charge in [0.15, 0.2) is 0 Å². The largest absolute Gasteiger partial charge is 0.480 e. The summed E-state index contributed by atoms with van der Waals surface area (Å²) in [6, 6.07) is -1.06. The first kappa shape index (κ1) is 15.3. The minimum absolute atomic E-state index is 0.187. The third kappa shape index (κ3) is 3.74. The number of hydrogen-bond donors (Lipinski definition) is 3. The highest BCUT2D eigenvalue weighted by atomic mass is 16.4. The summed E-state index contributed by atoms with van der Waals surface area (Å²) < 4.78 is 0. The van der Waals surface area contributed by atoms with Crippen molar-refractivity contribution in [1.29, 1.82) is 0 Å². The number of aromatic nitrogens is 2. The molecule has 1 aliphatic heterocycles. The number of nitrogens with one attached hydrogen (secondary N) is 2. The number of urea groups is 1. The van der Waals surface area contributed by atoms with E-state index in [9.17, 15) is 14.7 Å². The number of likely N-dealkylation sites (tertiary alicyclic amines) is 1. The quantitative estimate of drug-likeness (QED) is 0.760. The van der Waals surface area contributed by atoms with Crippen LogP contribution in [-0.2, 0) is 11.2 Å². The van der Waals surface area contributed by atoms with E-state index < -0.39 is 12.0 Å². The normalized spacial score (nSPS) is 19.8. The van der Waals surface area contributed by atoms with Gasteiger partial charge in [-0.1, -0.05) is 13.8 Å². The third-order valence-corrected chi connectivity index (χ3v) is 3.90. The number of carbonyl (C=O) groups is 2. The van der Waals surface area contributed by atoms with Gasteiger partial charge in [0, 0.05) is 30.9 Å². The Morgan fingerprint density at radius 2 is 2.33 bits per heavy atom. The highest BCUT2D eigenvalue weighted by Gasteiger charge is 2.33. The lowest BCUT2D eigenvalue weighted by Crippen LogP contribution is -2.51. The van der Waals surface area contributed by atoms with E-state index in [1.165, 1.54) is 6.33 Å². The van der Waals surface area contributed by atoms with Crippen molar-refractivity contribution in [2.45, 2.75) is 45.2 Å². The number of carboxylic acids is 1. The third-order valence-electron chi connectivity index (χ3n) is 3.90. The van der Waals surface area contributed by atoms with Gasteiger partial charge in [0.2, 0.25) is 0 Å². The summed E-state index contributed by atoms with van der Waals surface area (Å²) in [7, 11) is 0. The van der Waals surface area contributed by atoms with Gasteiger partial charge in [-0.2, -0.15) is 0 Å². The summed E-state index contributed by atoms with van der Waals surface area (Å²) in [5.41, 5.74) is 0.685. The summed E-state index contributed by atoms with van der Waals surface area (Å²) in [4.78, 5) is 32.1. The molecule has 0 bridgehead atoms. The zero-order valence-electron chi connectivity index (χ0n) is 12.4. The molecular formula is C14H22N4O3. The molecule has 2 heterocycles. The zero-order chi connectivity index (χ0) is 15.4. The van der Waals surface area contributed by atoms with E-state index >= 15 is 0 Å². The number of carbonyl (C=O) groups excluding carboxylic acids is 1. The monoisotopic (exact) mass is 294 g/mol. The summed E-state index contributed by atoms with van der Waals surface area (Å²) in [5.74, 6) is -0.674. The van der Waals surface area contributed by atoms with Crippen LogP contribution in [0, 0.1) is 5.92 Å². The Bertz CT molecular complexity index is 486. The Balaban J connectivity index is 1.99. The van der Waals surface area contributed by atoms with Gasteiger partial charge in [0.25, 0.3) is 0 Å². The Hall–Kier alpha value is -2.05. The number of nitrogens with zero attached hydrogens (tertiary/aromatic N) is 2. The van der Waals surface area contributed by atoms with Crippen molar-refractivity contribution < 1.29 is 14.7 Å². The van der Waals surface area contributed by atoms with Crippen LogP contribution in [0.15, 0.2) is 12.5 Å². The molecule has 2 atom stereocenters. The second-order valence-electron chi connectivity index (χ2n) is 5.77. The number of rotatable bonds is 5. The van der Waals surface area contributed by atoms with Crippen LogP contribution >= 0.6 is 0 Å². The molecule has 116 valence electrons. The number of aromatic amines is 1. The maximum absolute atomic E-state index is 12.3. The first-order chi connectivity index (χ1) is 9.99. The molecule has 0 aliphatic carbocycles. The molecule has 3 N–H and O–H groups in total. The standard InChI is InChI=1S/C14H22N4O3/c1-9(2)12-4-3-5-18(12)14(21)17-11(13(19)20)6-10-7-15-8-16-10/h7-9,11-12H,3-6H2,1-2H3,(H,15,16)(H,17,21)(H,19,20)/t11-,12?/m1/s1. The fourth-order valence-corrected chi connectivity index (χ4v) is 2.79. The molecule has 2 amide bonds. The molecule has 1 aromatic rings. The van der Waals surface area contributed by atoms with Crippen molar-refractivity contribution in [3.05, 3.63) is 18.2 Å². The highest BCUT2D eigenvalue weighted by Crippen LogP contribution is 2.23. The second kappa shape index (κ2) is 6.60. The molecule has 7 nitrogen and oxygen atoms in total. The molecule has 2 rings (SSSR count). The van der Waals surface area contributed by atoms with Gasteiger partial charge in [-0.05, 0) is 18.8 Å². The highest BCUT2D eigenvalue weighted by molar-refractivity contribution is 5.83. The fourth-order valence-electron chi connectivity index (χ4n) is 2.79. The molecule has 0 radical (unpaired) electrons. The van der Waals surface area contributed by atoms with Crippen LogP contribution in [0.4, 0.5) is 4.79 Å². The van der Waals surface area contributed by atoms with Crippen LogP contribution in [0.25, 0.3) is 0 Å². The molecule has 1 unspecified atom stereocenters. The van der Waals surface area contributed by atoms with Crippen molar-refractivity contribution >= 4 is 12.0 Å². The van der Waals surface area contributed by atoms with E-state index in [0.29, 0.717) is 18.2 Å². The Morgan fingerprint density at radius 1 is 1.57 bits per heavy atom. The van der Waals surface area contributed by atoms with Gasteiger partial charge >= 0.3 is 12.0 Å². The van der Waals surface area contributed by atoms with Crippen LogP contribution in [0.5, 0.6) is 0 Å². The van der Waals surface area contributed by atoms with Gasteiger partial charge < -0.3 is 20.3 Å². The summed E-state index contributed by atoms with van der Waals surface area (Å²) in [5, 5.41) is 11.9. The van der Waals surface area contributed by atoms with E-state index in [4.69, 9.17) is 0 Å². The topological polar surface area (TPSA) is 98.3 Å². The second-order valence-corrected chi connectivity index (χ2v) is 5.77. The molecule has 1 saturated heterocycles. The van der Waals surface area contributed by atoms with Crippen LogP contribution < -0.4 is 5.32 Å². The Kier molecular flexibility index (Phi) is 4.82. The molecule has 21 heavy (non-hydrogen) atoms. The average molecular weight is 294 g/mol. The van der Waals surface area contributed by atoms with Crippen LogP contribution in [0.3, 0.4) is 0 Å². The van der Waals surface area contributed by atoms with E-state index in [2.05, 4.69) is 29.1 Å². The van der Waals surface area contributed by atoms with Crippen molar-refractivity contribution in [3.63, 3.8) is 0 Å². The van der Waals surface area contributed by atoms with Crippen molar-refractivity contribution in [3.8, 4) is 0 Å². The van der Waals surface area contributed by atoms with Gasteiger partial charge in [0.05, 0.1) is 6.33 Å². The van der Waals surface area contributed by atoms with Gasteiger partial charge in [-0.15, -0.1) is 0 Å². The summed E-state index contributed by atoms with van der Waals surface area (Å²) in [6.07, 6.45) is 5.19. The number of aliphatic carboxylic acids is 1. The lowest BCUT2D eigenvalue weighted by molar-refractivity contribution is -0.139. The maximum atomic E-state index is 12.3. The molecule has 1 fully saturated rings. The molecule has 7 heteroatoms. The molecule has 1 aliphatic rings. The van der Waals surface area contributed by atoms with Gasteiger partial charge in [0.1, 0.15) is 6.04 Å². The van der Waals surface area contributed by atoms with Gasteiger partial charge in [-0.25, -0.2) is 14.6 Å². The maximum Gasteiger partial charge on any atom is 0.326 e. The number of hydrogen-bond acceptors (Lipinski definition) is 3. The average Bonchev–Trinajstić information content (AvgIpc) is 3.08. The molecule has 1 aromatic heterocycles. The summed E-state index contributed by atoms with van der Waals surface area (Å²) >= 11 is 0. The molecule has 0 aromatic carbocycles. The smallest absolute Gasteiger partial charge is 0.326 e. The molecular weight excluding hydrogens is 272 g/mol. The Morgan fingerprint density at radius 3 is 2.90 bits per heavy atom. The van der Waals surface area contributed by atoms with Crippen LogP contribution in [0.2, 0.25) is 0 Å². The fraction of sp³-hybridized carbons (Fsp3) is 0.643. The van der Waals surface area contributed by atoms with E-state index in [-0.39, 0.29) is 18.5 Å². The van der Waals surface area contributed by atoms with Crippen molar-refractivity contribution in [2.75, 3.05) is 6.54 Å². The number of amides is 2. The van der Waals surface area contributed by atoms with Crippen molar-refractivity contribution in [1.82, 2.24) is 20.2 Å². The van der Waals surface area contributed by atoms with E-state index in [0.717, 1.165) is 12.8 Å². The molecule has 0 saturated carbocycles. The van der Waals surface area contributed by atoms with Gasteiger partial charge in [-0.3, -0.25) is 0 Å². The van der Waals surface area contributed by atoms with Crippen molar-refractivity contribution in [2.24, 2.45) is 5.92 Å². The predicted octanol–water partition coefficient (Wildman–Crippen LogP) is 1.24. The SMILES string of the molecule is CC(C)C1CCCN1C(=O)N[C@H](Cc1cnc[nH]1)C(=O)O. The summed E-state index contributed by atoms with van der Waals surface area (Å²) in [6.45, 7) is 4.84. The zero-order valence-corrected chi connectivity index (χ0v) is 12.4. The predicted molar refractivity (Wildman–Crippen MR) is 76.8 cm³/mol. The Labute approximate surface area is 123 Å². The molecule has 0 spiro atoms. The number of H-pyrrole nitrogens is 1. The lowest BCUT2D eigenvalue weighted by atomic mass is 10.0. The first-order valence-corrected chi connectivity index (χ1v) is 7.26. The van der Waals surface area contributed by atoms with Crippen LogP contribution in [0.1, 0.15) is 32.4 Å². The van der Waals surface area contributed by atoms with E-state index in [1.807, 2.05) is 0 Å². The minimum Gasteiger partial charge on any atom is -0.480 e. The van der Waals surface area contributed by atoms with E-state index in [1.54, 1.807) is 11.1 Å². The number of imidazole rings is 1. The minimum atomic E-state index is -1.04. The van der Waals surface area contributed by atoms with Crippen LogP contribution in [-0.4, -0.2) is 50.6 Å². The first-order valence-electron chi connectivity index (χ1n) is 7.26. The lowest BCUT2D eigenvalue weighted by Gasteiger charge is -2.29.